The third-order valence-corrected chi connectivity index (χ3v) is 3.93. The van der Waals surface area contributed by atoms with Crippen LogP contribution in [0.25, 0.3) is 0 Å². The maximum absolute atomic E-state index is 13.0. The Balaban J connectivity index is 1.66. The molecule has 1 aromatic rings. The molecule has 2 atom stereocenters. The minimum Gasteiger partial charge on any atom is -0.376 e. The van der Waals surface area contributed by atoms with Crippen molar-refractivity contribution in [2.45, 2.75) is 38.7 Å². The number of anilines is 1. The van der Waals surface area contributed by atoms with Gasteiger partial charge in [0.15, 0.2) is 11.6 Å². The van der Waals surface area contributed by atoms with Crippen LogP contribution in [0, 0.1) is 17.6 Å². The molecular formula is C16H22F2N2O2. The van der Waals surface area contributed by atoms with Crippen LogP contribution < -0.4 is 10.6 Å². The largest absolute Gasteiger partial charge is 0.376 e. The van der Waals surface area contributed by atoms with Crippen molar-refractivity contribution in [1.29, 1.82) is 0 Å². The Hall–Kier alpha value is -1.69. The topological polar surface area (TPSA) is 50.4 Å². The molecule has 4 nitrogen and oxygen atoms in total. The number of hydrogen-bond acceptors (Lipinski definition) is 2. The first-order chi connectivity index (χ1) is 10.6. The van der Waals surface area contributed by atoms with E-state index < -0.39 is 17.7 Å². The van der Waals surface area contributed by atoms with Gasteiger partial charge >= 0.3 is 6.03 Å². The Morgan fingerprint density at radius 2 is 2.05 bits per heavy atom. The molecule has 2 amide bonds. The summed E-state index contributed by atoms with van der Waals surface area (Å²) in [4.78, 5) is 11.6. The van der Waals surface area contributed by atoms with Gasteiger partial charge in [0.05, 0.1) is 12.7 Å². The molecule has 0 bridgehead atoms. The Morgan fingerprint density at radius 3 is 2.77 bits per heavy atom. The molecule has 22 heavy (non-hydrogen) atoms. The number of carbonyl (C=O) groups is 1. The molecule has 2 N–H and O–H groups in total. The molecule has 1 fully saturated rings. The fraction of sp³-hybridized carbons (Fsp3) is 0.562. The SMILES string of the molecule is C[C@@H]1CCCC[C@@H]1OCCNC(=O)Nc1ccc(F)c(F)c1. The highest BCUT2D eigenvalue weighted by Gasteiger charge is 2.21. The van der Waals surface area contributed by atoms with Crippen LogP contribution in [0.15, 0.2) is 18.2 Å². The lowest BCUT2D eigenvalue weighted by atomic mass is 9.88. The van der Waals surface area contributed by atoms with Crippen LogP contribution in [-0.4, -0.2) is 25.3 Å². The lowest BCUT2D eigenvalue weighted by molar-refractivity contribution is -0.00232. The summed E-state index contributed by atoms with van der Waals surface area (Å²) in [6.07, 6.45) is 4.98. The van der Waals surface area contributed by atoms with Crippen molar-refractivity contribution < 1.29 is 18.3 Å². The molecule has 0 radical (unpaired) electrons. The maximum Gasteiger partial charge on any atom is 0.319 e. The summed E-state index contributed by atoms with van der Waals surface area (Å²) in [5.74, 6) is -1.38. The van der Waals surface area contributed by atoms with Crippen molar-refractivity contribution in [2.24, 2.45) is 5.92 Å². The molecule has 1 saturated carbocycles. The Bertz CT molecular complexity index is 511. The Labute approximate surface area is 129 Å². The maximum atomic E-state index is 13.0. The number of amides is 2. The van der Waals surface area contributed by atoms with Crippen LogP contribution >= 0.6 is 0 Å². The van der Waals surface area contributed by atoms with Gasteiger partial charge in [0, 0.05) is 18.3 Å². The minimum atomic E-state index is -0.993. The van der Waals surface area contributed by atoms with Crippen molar-refractivity contribution in [3.8, 4) is 0 Å². The molecule has 2 rings (SSSR count). The molecule has 122 valence electrons. The van der Waals surface area contributed by atoms with E-state index in [0.717, 1.165) is 18.6 Å². The van der Waals surface area contributed by atoms with Gasteiger partial charge in [0.1, 0.15) is 0 Å². The van der Waals surface area contributed by atoms with E-state index in [2.05, 4.69) is 17.6 Å². The molecule has 1 aliphatic rings. The van der Waals surface area contributed by atoms with Crippen LogP contribution in [0.3, 0.4) is 0 Å². The van der Waals surface area contributed by atoms with Crippen LogP contribution in [-0.2, 0) is 4.74 Å². The quantitative estimate of drug-likeness (QED) is 0.815. The standard InChI is InChI=1S/C16H22F2N2O2/c1-11-4-2-3-5-15(11)22-9-8-19-16(21)20-12-6-7-13(17)14(18)10-12/h6-7,10-11,15H,2-5,8-9H2,1H3,(H2,19,20,21)/t11-,15+/m1/s1. The first kappa shape index (κ1) is 16.7. The highest BCUT2D eigenvalue weighted by molar-refractivity contribution is 5.89. The van der Waals surface area contributed by atoms with Gasteiger partial charge < -0.3 is 15.4 Å². The Morgan fingerprint density at radius 1 is 1.27 bits per heavy atom. The molecule has 0 spiro atoms. The smallest absolute Gasteiger partial charge is 0.319 e. The second-order valence-electron chi connectivity index (χ2n) is 5.68. The van der Waals surface area contributed by atoms with Gasteiger partial charge in [-0.15, -0.1) is 0 Å². The van der Waals surface area contributed by atoms with Crippen molar-refractivity contribution >= 4 is 11.7 Å². The number of urea groups is 1. The predicted molar refractivity (Wildman–Crippen MR) is 80.8 cm³/mol. The highest BCUT2D eigenvalue weighted by Crippen LogP contribution is 2.25. The summed E-state index contributed by atoms with van der Waals surface area (Å²) in [5.41, 5.74) is 0.207. The average Bonchev–Trinajstić information content (AvgIpc) is 2.49. The van der Waals surface area contributed by atoms with Gasteiger partial charge in [0.2, 0.25) is 0 Å². The molecule has 0 aromatic heterocycles. The minimum absolute atomic E-state index is 0.207. The number of benzene rings is 1. The van der Waals surface area contributed by atoms with Gasteiger partial charge in [-0.2, -0.15) is 0 Å². The zero-order valence-electron chi connectivity index (χ0n) is 12.7. The van der Waals surface area contributed by atoms with Crippen LogP contribution in [0.2, 0.25) is 0 Å². The van der Waals surface area contributed by atoms with Crippen molar-refractivity contribution in [3.63, 3.8) is 0 Å². The van der Waals surface area contributed by atoms with Gasteiger partial charge in [-0.25, -0.2) is 13.6 Å². The lowest BCUT2D eigenvalue weighted by Crippen LogP contribution is -2.34. The van der Waals surface area contributed by atoms with Crippen LogP contribution in [0.1, 0.15) is 32.6 Å². The van der Waals surface area contributed by atoms with E-state index in [1.807, 2.05) is 0 Å². The molecular weight excluding hydrogens is 290 g/mol. The molecule has 1 aromatic carbocycles. The number of rotatable bonds is 5. The van der Waals surface area contributed by atoms with E-state index in [4.69, 9.17) is 4.74 Å². The normalized spacial score (nSPS) is 21.4. The summed E-state index contributed by atoms with van der Waals surface area (Å²) in [6.45, 7) is 3.01. The molecule has 0 heterocycles. The monoisotopic (exact) mass is 312 g/mol. The molecule has 6 heteroatoms. The molecule has 1 aliphatic carbocycles. The number of nitrogens with one attached hydrogen (secondary N) is 2. The summed E-state index contributed by atoms with van der Waals surface area (Å²) in [6, 6.07) is 2.75. The van der Waals surface area contributed by atoms with Gasteiger partial charge in [0.25, 0.3) is 0 Å². The second kappa shape index (κ2) is 8.08. The van der Waals surface area contributed by atoms with Gasteiger partial charge in [-0.05, 0) is 30.9 Å². The third kappa shape index (κ3) is 4.94. The van der Waals surface area contributed by atoms with Crippen molar-refractivity contribution in [1.82, 2.24) is 5.32 Å². The lowest BCUT2D eigenvalue weighted by Gasteiger charge is -2.28. The molecule has 0 unspecified atom stereocenters. The van der Waals surface area contributed by atoms with Gasteiger partial charge in [-0.3, -0.25) is 0 Å². The number of halogens is 2. The van der Waals surface area contributed by atoms with E-state index in [0.29, 0.717) is 19.1 Å². The van der Waals surface area contributed by atoms with E-state index in [1.54, 1.807) is 0 Å². The van der Waals surface area contributed by atoms with E-state index in [-0.39, 0.29) is 11.8 Å². The van der Waals surface area contributed by atoms with E-state index in [9.17, 15) is 13.6 Å². The van der Waals surface area contributed by atoms with Crippen LogP contribution in [0.4, 0.5) is 19.3 Å². The summed E-state index contributed by atoms with van der Waals surface area (Å²) < 4.78 is 31.6. The summed E-state index contributed by atoms with van der Waals surface area (Å²) in [5, 5.41) is 5.07. The first-order valence-electron chi connectivity index (χ1n) is 7.68. The molecule has 0 saturated heterocycles. The Kier molecular flexibility index (Phi) is 6.12. The average molecular weight is 312 g/mol. The fourth-order valence-electron chi connectivity index (χ4n) is 2.65. The number of hydrogen-bond donors (Lipinski definition) is 2. The summed E-state index contributed by atoms with van der Waals surface area (Å²) >= 11 is 0. The zero-order chi connectivity index (χ0) is 15.9. The molecule has 0 aliphatic heterocycles. The first-order valence-corrected chi connectivity index (χ1v) is 7.68. The van der Waals surface area contributed by atoms with Crippen LogP contribution in [0.5, 0.6) is 0 Å². The van der Waals surface area contributed by atoms with E-state index >= 15 is 0 Å². The third-order valence-electron chi connectivity index (χ3n) is 3.93. The van der Waals surface area contributed by atoms with Crippen molar-refractivity contribution in [3.05, 3.63) is 29.8 Å². The summed E-state index contributed by atoms with van der Waals surface area (Å²) in [7, 11) is 0. The highest BCUT2D eigenvalue weighted by atomic mass is 19.2. The predicted octanol–water partition coefficient (Wildman–Crippen LogP) is 3.68. The second-order valence-corrected chi connectivity index (χ2v) is 5.68. The number of ether oxygens (including phenoxy) is 1. The van der Waals surface area contributed by atoms with Crippen molar-refractivity contribution in [2.75, 3.05) is 18.5 Å². The zero-order valence-corrected chi connectivity index (χ0v) is 12.7. The fourth-order valence-corrected chi connectivity index (χ4v) is 2.65. The van der Waals surface area contributed by atoms with E-state index in [1.165, 1.54) is 25.3 Å². The number of carbonyl (C=O) groups excluding carboxylic acids is 1. The van der Waals surface area contributed by atoms with Gasteiger partial charge in [-0.1, -0.05) is 19.8 Å².